The smallest absolute Gasteiger partial charge is 0.422 e. The first kappa shape index (κ1) is 150. The van der Waals surface area contributed by atoms with Crippen molar-refractivity contribution in [3.63, 3.8) is 0 Å². The normalized spacial score (nSPS) is 14.7. The van der Waals surface area contributed by atoms with E-state index in [0.717, 1.165) is 68.9 Å². The largest absolute Gasteiger partial charge is 0.468 e. The zero-order valence-electron chi connectivity index (χ0n) is 76.8. The van der Waals surface area contributed by atoms with Crippen molar-refractivity contribution < 1.29 is 178 Å². The average Bonchev–Trinajstić information content (AvgIpc) is 1.85. The standard InChI is InChI=1S/C15H21F3N2O2.C14H20F3N3O2.C12H16F3NO5S.C12H16F3NO2.C12H14F3NO2.C11H14F3NO3.C7H5BrF3NO.C5H3BrFN.8CH4/c1-11(9-20-6-2-3-7-20)14(21)12-4-5-13(19-8-12)22-10-15(16,17)18;15-14(16,17)9-22-12-4-3-10(7-19-12)13(21)11(18)8-20-5-1-2-6-20;1-8(6-21-22(2,18)19)11(17)9-3-4-10(16-5-9)20-7-12(13,14)15;2*1-3-8(2)11(17)9-4-5-10(16-6-9)18-7-12(13,14)15;1-7(5-16)10(17)8-2-3-9(15-4-8)18-6-11(12,13)14;8-5-1-2-6(12-3-5)13-4-7(9,10)11;6-4-1-2-5(7)8-3-4;;;;;;;;/h4-5,8,11,14,21H,2-3,6-7,9-10H2,1H3;3-4,7,11,13,21H,1-2,5-6,8-9,18H2;3-5,8,11,17H,6-7H2,1-2H3;4-6,8,11,17H,3,7H2,1-2H3;4-6,8H,3,7H2,1-2H3;2-4,7,10,16-17H,5-6H2,1H3;1-3H,4H2;1-3H;8*1H4/t11-,14?;11-,13?;2*8-,11?;8-;7-,10?;;;;;;;;;;/m111111........../s1. The van der Waals surface area contributed by atoms with Gasteiger partial charge in [-0.1, -0.05) is 114 Å². The minimum atomic E-state index is -4.46. The number of hydrogen-bond donors (Lipinski definition) is 7. The molecule has 856 valence electrons. The monoisotopic (exact) mass is 2330 g/mol. The lowest BCUT2D eigenvalue weighted by atomic mass is 9.97. The number of aliphatic hydroxyl groups excluding tert-OH is 6. The number of carbonyl (C=O) groups excluding carboxylic acids is 1. The van der Waals surface area contributed by atoms with Crippen molar-refractivity contribution in [3.05, 3.63) is 195 Å². The van der Waals surface area contributed by atoms with Crippen molar-refractivity contribution in [2.24, 2.45) is 35.3 Å². The van der Waals surface area contributed by atoms with Crippen molar-refractivity contribution >= 4 is 47.8 Å². The van der Waals surface area contributed by atoms with Crippen LogP contribution in [-0.2, 0) is 14.3 Å². The Labute approximate surface area is 873 Å². The fraction of sp³-hybridized carbons (Fsp3) is 0.573. The Kier molecular flexibility index (Phi) is 73.4. The van der Waals surface area contributed by atoms with Crippen LogP contribution in [0.15, 0.2) is 156 Å². The van der Waals surface area contributed by atoms with Gasteiger partial charge in [0.1, 0.15) is 0 Å². The van der Waals surface area contributed by atoms with Crippen LogP contribution in [0.5, 0.6) is 41.2 Å². The first-order valence-electron chi connectivity index (χ1n) is 42.5. The Hall–Kier alpha value is -9.56. The zero-order valence-corrected chi connectivity index (χ0v) is 80.7. The van der Waals surface area contributed by atoms with E-state index in [0.29, 0.717) is 50.8 Å². The van der Waals surface area contributed by atoms with Gasteiger partial charge < -0.3 is 79.3 Å². The van der Waals surface area contributed by atoms with E-state index in [-0.39, 0.29) is 143 Å². The summed E-state index contributed by atoms with van der Waals surface area (Å²) in [6.45, 7) is 7.96. The van der Waals surface area contributed by atoms with Crippen molar-refractivity contribution in [1.82, 2.24) is 49.7 Å². The van der Waals surface area contributed by atoms with Crippen LogP contribution in [0, 0.1) is 35.5 Å². The van der Waals surface area contributed by atoms with Gasteiger partial charge >= 0.3 is 43.2 Å². The second kappa shape index (κ2) is 72.9. The fourth-order valence-corrected chi connectivity index (χ4v) is 12.2. The van der Waals surface area contributed by atoms with Gasteiger partial charge in [0, 0.05) is 156 Å². The maximum absolute atomic E-state index is 12.1. The highest BCUT2D eigenvalue weighted by Crippen LogP contribution is 2.32. The molecular formula is C96H141Br2F22N11O17S. The second-order valence-corrected chi connectivity index (χ2v) is 35.0. The molecular weight excluding hydrogens is 2190 g/mol. The van der Waals surface area contributed by atoms with Gasteiger partial charge in [0.15, 0.2) is 52.0 Å². The number of pyridine rings is 8. The molecule has 5 unspecified atom stereocenters. The Morgan fingerprint density at radius 3 is 0.852 bits per heavy atom. The van der Waals surface area contributed by atoms with E-state index in [4.69, 9.17) is 10.8 Å². The number of ether oxygens (including phenoxy) is 7. The Morgan fingerprint density at radius 2 is 0.617 bits per heavy atom. The predicted molar refractivity (Wildman–Crippen MR) is 527 cm³/mol. The van der Waals surface area contributed by atoms with Gasteiger partial charge in [-0.05, 0) is 179 Å². The SMILES string of the molecule is C.C.C.C.C.C.C.C.CC[C@@H](C)C(=O)c1ccc(OCC(F)(F)F)nc1.CC[C@@H](C)C(O)c1ccc(OCC(F)(F)F)nc1.C[C@H](CN1CCCC1)C(O)c1ccc(OCC(F)(F)F)nc1.C[C@H](CO)C(O)c1ccc(OCC(F)(F)F)nc1.C[C@H](COS(C)(=O)=O)C(O)c1ccc(OCC(F)(F)F)nc1.FC(F)(F)COc1ccc(Br)cn1.Fc1ccc(Br)cn1.N[C@H](CN1CCCC1)C(O)c1ccc(OCC(F)(F)F)nc1. The number of rotatable bonds is 36. The molecule has 0 aromatic carbocycles. The summed E-state index contributed by atoms with van der Waals surface area (Å²) in [6, 6.07) is 21.8. The van der Waals surface area contributed by atoms with E-state index in [1.165, 1.54) is 135 Å². The summed E-state index contributed by atoms with van der Waals surface area (Å²) >= 11 is 6.21. The molecule has 8 N–H and O–H groups in total. The quantitative estimate of drug-likeness (QED) is 0.00830. The molecule has 0 amide bonds. The summed E-state index contributed by atoms with van der Waals surface area (Å²) in [5.74, 6) is -2.42. The van der Waals surface area contributed by atoms with Crippen molar-refractivity contribution in [3.8, 4) is 41.2 Å². The van der Waals surface area contributed by atoms with Gasteiger partial charge in [0.25, 0.3) is 10.1 Å². The molecule has 2 saturated heterocycles. The number of aromatic nitrogens is 8. The summed E-state index contributed by atoms with van der Waals surface area (Å²) in [4.78, 5) is 45.5. The van der Waals surface area contributed by atoms with E-state index in [9.17, 15) is 135 Å². The molecule has 149 heavy (non-hydrogen) atoms. The highest BCUT2D eigenvalue weighted by Gasteiger charge is 2.36. The number of alkyl halides is 21. The van der Waals surface area contributed by atoms with Crippen LogP contribution in [0.4, 0.5) is 96.6 Å². The first-order valence-corrected chi connectivity index (χ1v) is 45.9. The molecule has 0 spiro atoms. The highest BCUT2D eigenvalue weighted by molar-refractivity contribution is 9.10. The number of likely N-dealkylation sites (tertiary alicyclic amines) is 2. The summed E-state index contributed by atoms with van der Waals surface area (Å²) in [7, 11) is -3.62. The van der Waals surface area contributed by atoms with Crippen LogP contribution in [0.1, 0.15) is 215 Å². The van der Waals surface area contributed by atoms with E-state index in [1.54, 1.807) is 39.0 Å². The molecule has 8 aromatic rings. The first-order chi connectivity index (χ1) is 65.4. The van der Waals surface area contributed by atoms with Crippen LogP contribution in [0.2, 0.25) is 0 Å². The molecule has 28 nitrogen and oxygen atoms in total. The van der Waals surface area contributed by atoms with Gasteiger partial charge in [-0.3, -0.25) is 8.98 Å². The Balaban J connectivity index is -0.000000393. The fourth-order valence-electron chi connectivity index (χ4n) is 11.3. The third-order valence-electron chi connectivity index (χ3n) is 19.1. The zero-order chi connectivity index (χ0) is 106. The number of ketones is 1. The molecule has 0 aliphatic carbocycles. The van der Waals surface area contributed by atoms with Crippen LogP contribution in [0.3, 0.4) is 0 Å². The molecule has 11 atom stereocenters. The number of nitrogens with zero attached hydrogens (tertiary/aromatic N) is 10. The van der Waals surface area contributed by atoms with Gasteiger partial charge in [-0.2, -0.15) is 105 Å². The molecule has 8 aromatic heterocycles. The molecule has 10 rings (SSSR count). The van der Waals surface area contributed by atoms with Crippen LogP contribution >= 0.6 is 31.9 Å². The van der Waals surface area contributed by atoms with Crippen molar-refractivity contribution in [2.45, 2.75) is 226 Å². The van der Waals surface area contributed by atoms with E-state index >= 15 is 0 Å². The molecule has 10 heterocycles. The topological polar surface area (TPSA) is 382 Å². The number of nitrogens with two attached hydrogens (primary N) is 1. The van der Waals surface area contributed by atoms with Crippen LogP contribution in [-0.4, -0.2) is 249 Å². The Bertz CT molecular complexity index is 4710. The molecule has 53 heteroatoms. The van der Waals surface area contributed by atoms with E-state index in [1.807, 2.05) is 27.7 Å². The molecule has 2 aliphatic rings. The van der Waals surface area contributed by atoms with Gasteiger partial charge in [0.2, 0.25) is 47.1 Å². The Morgan fingerprint density at radius 1 is 0.362 bits per heavy atom. The molecule has 0 bridgehead atoms. The molecule has 2 fully saturated rings. The minimum absolute atomic E-state index is 0. The maximum Gasteiger partial charge on any atom is 0.422 e. The summed E-state index contributed by atoms with van der Waals surface area (Å²) < 4.78 is 321. The predicted octanol–water partition coefficient (Wildman–Crippen LogP) is 23.8. The van der Waals surface area contributed by atoms with Crippen molar-refractivity contribution in [1.29, 1.82) is 0 Å². The average molecular weight is 2330 g/mol. The number of hydrogen-bond acceptors (Lipinski definition) is 28. The second-order valence-electron chi connectivity index (χ2n) is 31.5. The number of halogens is 24. The molecule has 0 radical (unpaired) electrons. The van der Waals surface area contributed by atoms with Gasteiger partial charge in [-0.15, -0.1) is 0 Å². The van der Waals surface area contributed by atoms with Crippen LogP contribution < -0.4 is 38.9 Å². The lowest BCUT2D eigenvalue weighted by molar-refractivity contribution is -0.154. The third-order valence-corrected chi connectivity index (χ3v) is 20.6. The van der Waals surface area contributed by atoms with E-state index in [2.05, 4.69) is 119 Å². The maximum atomic E-state index is 12.1. The van der Waals surface area contributed by atoms with Gasteiger partial charge in [-0.25, -0.2) is 39.9 Å². The molecule has 0 saturated carbocycles. The highest BCUT2D eigenvalue weighted by atomic mass is 79.9. The minimum Gasteiger partial charge on any atom is -0.468 e. The van der Waals surface area contributed by atoms with Gasteiger partial charge in [0.05, 0.1) is 43.4 Å². The van der Waals surface area contributed by atoms with Crippen LogP contribution in [0.25, 0.3) is 0 Å². The summed E-state index contributed by atoms with van der Waals surface area (Å²) in [6.07, 6.45) is -17.6. The number of aliphatic hydroxyl groups is 6. The van der Waals surface area contributed by atoms with Crippen molar-refractivity contribution in [2.75, 3.05) is 105 Å². The number of Topliss-reactive ketones (excluding diaryl/α,β-unsaturated/α-hetero) is 1. The lowest BCUT2D eigenvalue weighted by Crippen LogP contribution is -2.40. The van der Waals surface area contributed by atoms with E-state index < -0.39 is 148 Å². The summed E-state index contributed by atoms with van der Waals surface area (Å²) in [5, 5.41) is 59.0. The summed E-state index contributed by atoms with van der Waals surface area (Å²) in [5.41, 5.74) is 8.71. The number of carbonyl (C=O) groups is 1. The molecule has 2 aliphatic heterocycles. The lowest BCUT2D eigenvalue weighted by Gasteiger charge is -2.24. The third kappa shape index (κ3) is 68.2.